The van der Waals surface area contributed by atoms with Crippen LogP contribution in [-0.4, -0.2) is 32.7 Å². The van der Waals surface area contributed by atoms with Crippen LogP contribution in [0.5, 0.6) is 0 Å². The highest BCUT2D eigenvalue weighted by atomic mass is 31.2. The van der Waals surface area contributed by atoms with Crippen LogP contribution in [0.2, 0.25) is 0 Å². The lowest BCUT2D eigenvalue weighted by atomic mass is 10.2. The number of hydrogen-bond acceptors (Lipinski definition) is 4. The van der Waals surface area contributed by atoms with E-state index < -0.39 is 8.53 Å². The minimum Gasteiger partial charge on any atom is -0.337 e. The summed E-state index contributed by atoms with van der Waals surface area (Å²) in [6, 6.07) is 9.82. The lowest BCUT2D eigenvalue weighted by molar-refractivity contribution is 0.0484. The summed E-state index contributed by atoms with van der Waals surface area (Å²) in [5.41, 5.74) is 1.07. The molecule has 0 unspecified atom stereocenters. The smallest absolute Gasteiger partial charge is 0.268 e. The first-order chi connectivity index (χ1) is 7.69. The average molecular weight is 242 g/mol. The van der Waals surface area contributed by atoms with E-state index in [-0.39, 0.29) is 0 Å². The van der Waals surface area contributed by atoms with Gasteiger partial charge in [0.2, 0.25) is 0 Å². The van der Waals surface area contributed by atoms with Crippen LogP contribution in [0.3, 0.4) is 0 Å². The Morgan fingerprint density at radius 2 is 1.62 bits per heavy atom. The normalized spacial score (nSPS) is 11.7. The maximum absolute atomic E-state index is 9.41. The SMILES string of the molecule is CCN(CC)N(Cc1ccccc1)P(O)O. The Morgan fingerprint density at radius 1 is 1.06 bits per heavy atom. The van der Waals surface area contributed by atoms with Crippen molar-refractivity contribution in [3.05, 3.63) is 35.9 Å². The van der Waals surface area contributed by atoms with Gasteiger partial charge in [0.15, 0.2) is 0 Å². The van der Waals surface area contributed by atoms with E-state index in [0.717, 1.165) is 18.7 Å². The topological polar surface area (TPSA) is 46.9 Å². The molecule has 1 rings (SSSR count). The second-order valence-corrected chi connectivity index (χ2v) is 4.42. The predicted molar refractivity (Wildman–Crippen MR) is 66.3 cm³/mol. The molecule has 0 amide bonds. The molecule has 0 saturated heterocycles. The van der Waals surface area contributed by atoms with Crippen LogP contribution < -0.4 is 0 Å². The van der Waals surface area contributed by atoms with Gasteiger partial charge in [-0.1, -0.05) is 44.2 Å². The van der Waals surface area contributed by atoms with Crippen molar-refractivity contribution < 1.29 is 9.79 Å². The molecule has 2 N–H and O–H groups in total. The summed E-state index contributed by atoms with van der Waals surface area (Å²) in [7, 11) is -2.08. The molecule has 90 valence electrons. The summed E-state index contributed by atoms with van der Waals surface area (Å²) in [6.45, 7) is 6.06. The zero-order valence-corrected chi connectivity index (χ0v) is 10.6. The van der Waals surface area contributed by atoms with Gasteiger partial charge in [-0.3, -0.25) is 0 Å². The van der Waals surface area contributed by atoms with Crippen LogP contribution in [0, 0.1) is 0 Å². The second-order valence-electron chi connectivity index (χ2n) is 3.42. The molecular weight excluding hydrogens is 223 g/mol. The van der Waals surface area contributed by atoms with E-state index in [9.17, 15) is 9.79 Å². The Bertz CT molecular complexity index is 291. The number of hydrazine groups is 1. The molecule has 16 heavy (non-hydrogen) atoms. The van der Waals surface area contributed by atoms with Crippen molar-refractivity contribution in [2.24, 2.45) is 0 Å². The number of hydrogen-bond donors (Lipinski definition) is 2. The Morgan fingerprint density at radius 3 is 2.06 bits per heavy atom. The summed E-state index contributed by atoms with van der Waals surface area (Å²) in [6.07, 6.45) is 0. The van der Waals surface area contributed by atoms with E-state index in [4.69, 9.17) is 0 Å². The molecule has 4 nitrogen and oxygen atoms in total. The Labute approximate surface area is 98.1 Å². The van der Waals surface area contributed by atoms with E-state index in [1.807, 2.05) is 49.2 Å². The molecule has 5 heteroatoms. The fourth-order valence-electron chi connectivity index (χ4n) is 1.57. The van der Waals surface area contributed by atoms with Gasteiger partial charge >= 0.3 is 0 Å². The van der Waals surface area contributed by atoms with Crippen LogP contribution in [0.1, 0.15) is 19.4 Å². The maximum Gasteiger partial charge on any atom is 0.268 e. The van der Waals surface area contributed by atoms with E-state index in [1.165, 1.54) is 0 Å². The lowest BCUT2D eigenvalue weighted by Crippen LogP contribution is -2.38. The molecule has 0 radical (unpaired) electrons. The first kappa shape index (κ1) is 13.6. The fraction of sp³-hybridized carbons (Fsp3) is 0.455. The molecule has 0 aliphatic rings. The molecule has 0 aliphatic carbocycles. The molecule has 0 heterocycles. The third-order valence-electron chi connectivity index (χ3n) is 2.43. The molecule has 0 spiro atoms. The fourth-order valence-corrected chi connectivity index (χ4v) is 2.34. The average Bonchev–Trinajstić information content (AvgIpc) is 2.30. The van der Waals surface area contributed by atoms with Gasteiger partial charge in [0.05, 0.1) is 0 Å². The monoisotopic (exact) mass is 242 g/mol. The predicted octanol–water partition coefficient (Wildman–Crippen LogP) is 1.96. The van der Waals surface area contributed by atoms with E-state index in [1.54, 1.807) is 4.78 Å². The second kappa shape index (κ2) is 6.94. The quantitative estimate of drug-likeness (QED) is 0.591. The summed E-state index contributed by atoms with van der Waals surface area (Å²) in [5, 5.41) is 1.93. The molecular formula is C11H19N2O2P. The highest BCUT2D eigenvalue weighted by Gasteiger charge is 2.20. The van der Waals surface area contributed by atoms with Crippen molar-refractivity contribution >= 4 is 8.53 Å². The van der Waals surface area contributed by atoms with Crippen LogP contribution >= 0.6 is 8.53 Å². The first-order valence-corrected chi connectivity index (χ1v) is 6.63. The lowest BCUT2D eigenvalue weighted by Gasteiger charge is -2.33. The van der Waals surface area contributed by atoms with Crippen LogP contribution in [0.25, 0.3) is 0 Å². The highest BCUT2D eigenvalue weighted by Crippen LogP contribution is 2.33. The van der Waals surface area contributed by atoms with Gasteiger partial charge < -0.3 is 9.79 Å². The minimum atomic E-state index is -2.08. The van der Waals surface area contributed by atoms with Gasteiger partial charge in [-0.2, -0.15) is 4.78 Å². The maximum atomic E-state index is 9.41. The Balaban J connectivity index is 2.72. The standard InChI is InChI=1S/C11H19N2O2P/c1-3-12(4-2)13(16(14)15)10-11-8-6-5-7-9-11/h5-9,14-15H,3-4,10H2,1-2H3. The molecule has 0 saturated carbocycles. The molecule has 0 atom stereocenters. The highest BCUT2D eigenvalue weighted by molar-refractivity contribution is 7.42. The Kier molecular flexibility index (Phi) is 5.88. The van der Waals surface area contributed by atoms with Gasteiger partial charge in [0.25, 0.3) is 8.53 Å². The zero-order chi connectivity index (χ0) is 12.0. The van der Waals surface area contributed by atoms with Crippen molar-refractivity contribution in [2.75, 3.05) is 13.1 Å². The van der Waals surface area contributed by atoms with Crippen molar-refractivity contribution in [2.45, 2.75) is 20.4 Å². The summed E-state index contributed by atoms with van der Waals surface area (Å²) in [5.74, 6) is 0. The molecule has 1 aromatic rings. The number of rotatable bonds is 6. The first-order valence-electron chi connectivity index (χ1n) is 5.43. The largest absolute Gasteiger partial charge is 0.337 e. The minimum absolute atomic E-state index is 0.529. The van der Waals surface area contributed by atoms with E-state index >= 15 is 0 Å². The third kappa shape index (κ3) is 3.81. The van der Waals surface area contributed by atoms with E-state index in [0.29, 0.717) is 6.54 Å². The van der Waals surface area contributed by atoms with Gasteiger partial charge in [-0.25, -0.2) is 5.01 Å². The summed E-state index contributed by atoms with van der Waals surface area (Å²) in [4.78, 5) is 18.8. The van der Waals surface area contributed by atoms with Crippen molar-refractivity contribution in [1.29, 1.82) is 0 Å². The van der Waals surface area contributed by atoms with Crippen molar-refractivity contribution in [3.63, 3.8) is 0 Å². The molecule has 1 aromatic carbocycles. The summed E-state index contributed by atoms with van der Waals surface area (Å²) >= 11 is 0. The van der Waals surface area contributed by atoms with Crippen molar-refractivity contribution in [3.8, 4) is 0 Å². The number of benzene rings is 1. The molecule has 0 bridgehead atoms. The van der Waals surface area contributed by atoms with Gasteiger partial charge in [0, 0.05) is 19.6 Å². The van der Waals surface area contributed by atoms with Crippen LogP contribution in [0.4, 0.5) is 0 Å². The van der Waals surface area contributed by atoms with E-state index in [2.05, 4.69) is 0 Å². The molecule has 0 aromatic heterocycles. The third-order valence-corrected chi connectivity index (χ3v) is 3.24. The van der Waals surface area contributed by atoms with Crippen molar-refractivity contribution in [1.82, 2.24) is 9.79 Å². The van der Waals surface area contributed by atoms with Crippen LogP contribution in [-0.2, 0) is 6.54 Å². The number of nitrogens with zero attached hydrogens (tertiary/aromatic N) is 2. The molecule has 0 aliphatic heterocycles. The van der Waals surface area contributed by atoms with Gasteiger partial charge in [0.1, 0.15) is 0 Å². The Hall–Kier alpha value is -0.510. The van der Waals surface area contributed by atoms with Crippen LogP contribution in [0.15, 0.2) is 30.3 Å². The van der Waals surface area contributed by atoms with Gasteiger partial charge in [-0.05, 0) is 5.56 Å². The van der Waals surface area contributed by atoms with Gasteiger partial charge in [-0.15, -0.1) is 0 Å². The molecule has 0 fully saturated rings. The zero-order valence-electron chi connectivity index (χ0n) is 9.74. The summed E-state index contributed by atoms with van der Waals surface area (Å²) < 4.78 is 1.62.